The average Bonchev–Trinajstić information content (AvgIpc) is 3.11. The van der Waals surface area contributed by atoms with Gasteiger partial charge in [-0.3, -0.25) is 10.1 Å². The molecule has 0 spiro atoms. The van der Waals surface area contributed by atoms with Crippen LogP contribution in [0.15, 0.2) is 54.6 Å². The Morgan fingerprint density at radius 2 is 1.93 bits per heavy atom. The van der Waals surface area contributed by atoms with Crippen LogP contribution in [0.25, 0.3) is 0 Å². The number of nitrogens with zero attached hydrogens (tertiary/aromatic N) is 3. The fraction of sp³-hybridized carbons (Fsp3) is 0.286. The average molecular weight is 377 g/mol. The predicted octanol–water partition coefficient (Wildman–Crippen LogP) is 3.32. The van der Waals surface area contributed by atoms with Crippen LogP contribution < -0.4 is 10.6 Å². The Labute approximate surface area is 163 Å². The molecular weight excluding hydrogens is 354 g/mol. The van der Waals surface area contributed by atoms with Gasteiger partial charge in [0.25, 0.3) is 11.9 Å². The first kappa shape index (κ1) is 18.2. The molecule has 1 aromatic heterocycles. The lowest BCUT2D eigenvalue weighted by atomic mass is 9.93. The highest BCUT2D eigenvalue weighted by Gasteiger charge is 2.31. The van der Waals surface area contributed by atoms with Gasteiger partial charge in [0.05, 0.1) is 12.1 Å². The first-order valence-corrected chi connectivity index (χ1v) is 9.27. The summed E-state index contributed by atoms with van der Waals surface area (Å²) in [6.45, 7) is 2.04. The molecule has 7 nitrogen and oxygen atoms in total. The molecule has 4 rings (SSSR count). The van der Waals surface area contributed by atoms with Crippen molar-refractivity contribution >= 4 is 17.8 Å². The zero-order valence-electron chi connectivity index (χ0n) is 15.9. The summed E-state index contributed by atoms with van der Waals surface area (Å²) in [6, 6.07) is 18.9. The van der Waals surface area contributed by atoms with Crippen molar-refractivity contribution in [2.24, 2.45) is 0 Å². The van der Waals surface area contributed by atoms with E-state index in [1.54, 1.807) is 0 Å². The van der Waals surface area contributed by atoms with Crippen molar-refractivity contribution in [3.8, 4) is 0 Å². The van der Waals surface area contributed by atoms with Crippen LogP contribution >= 0.6 is 0 Å². The van der Waals surface area contributed by atoms with Crippen molar-refractivity contribution < 1.29 is 9.53 Å². The molecule has 0 saturated carbocycles. The van der Waals surface area contributed by atoms with Crippen molar-refractivity contribution in [1.82, 2.24) is 14.8 Å². The molecule has 2 atom stereocenters. The van der Waals surface area contributed by atoms with Gasteiger partial charge in [-0.25, -0.2) is 4.68 Å². The minimum atomic E-state index is -0.281. The molecule has 28 heavy (non-hydrogen) atoms. The first-order chi connectivity index (χ1) is 13.6. The molecule has 1 aliphatic rings. The maximum atomic E-state index is 11.9. The van der Waals surface area contributed by atoms with Crippen LogP contribution in [-0.2, 0) is 9.53 Å². The topological polar surface area (TPSA) is 81.1 Å². The van der Waals surface area contributed by atoms with Gasteiger partial charge < -0.3 is 10.1 Å². The molecule has 0 saturated heterocycles. The van der Waals surface area contributed by atoms with Crippen LogP contribution in [0.1, 0.15) is 35.2 Å². The van der Waals surface area contributed by atoms with Gasteiger partial charge in [-0.1, -0.05) is 60.2 Å². The highest BCUT2D eigenvalue weighted by molar-refractivity contribution is 5.90. The molecule has 1 aliphatic heterocycles. The molecule has 2 unspecified atom stereocenters. The fourth-order valence-corrected chi connectivity index (χ4v) is 3.49. The Morgan fingerprint density at radius 3 is 2.64 bits per heavy atom. The van der Waals surface area contributed by atoms with E-state index in [-0.39, 0.29) is 30.5 Å². The number of hydrogen-bond donors (Lipinski definition) is 2. The Bertz CT molecular complexity index is 953. The number of carbonyl (C=O) groups is 1. The van der Waals surface area contributed by atoms with E-state index in [2.05, 4.69) is 64.0 Å². The van der Waals surface area contributed by atoms with Crippen molar-refractivity contribution in [2.75, 3.05) is 24.4 Å². The smallest absolute Gasteiger partial charge is 0.252 e. The molecule has 0 radical (unpaired) electrons. The molecule has 0 bridgehead atoms. The summed E-state index contributed by atoms with van der Waals surface area (Å²) in [5.74, 6) is 0.630. The second-order valence-electron chi connectivity index (χ2n) is 6.95. The number of amides is 1. The molecule has 144 valence electrons. The molecule has 0 aliphatic carbocycles. The summed E-state index contributed by atoms with van der Waals surface area (Å²) in [5.41, 5.74) is 3.57. The number of aryl methyl sites for hydroxylation is 1. The third kappa shape index (κ3) is 3.75. The van der Waals surface area contributed by atoms with E-state index >= 15 is 0 Å². The Morgan fingerprint density at radius 1 is 1.18 bits per heavy atom. The number of hydrogen-bond acceptors (Lipinski definition) is 5. The monoisotopic (exact) mass is 377 g/mol. The minimum Gasteiger partial charge on any atom is -0.375 e. The number of benzene rings is 2. The lowest BCUT2D eigenvalue weighted by molar-refractivity contribution is -0.119. The number of fused-ring (bicyclic) bond motifs is 1. The molecule has 2 N–H and O–H groups in total. The Hall–Kier alpha value is -3.19. The van der Waals surface area contributed by atoms with Crippen LogP contribution in [0.5, 0.6) is 0 Å². The van der Waals surface area contributed by atoms with Gasteiger partial charge in [-0.05, 0) is 24.5 Å². The number of anilines is 2. The first-order valence-electron chi connectivity index (χ1n) is 9.27. The zero-order valence-corrected chi connectivity index (χ0v) is 15.9. The number of methoxy groups -OCH3 is 1. The van der Waals surface area contributed by atoms with Crippen LogP contribution in [-0.4, -0.2) is 34.4 Å². The fourth-order valence-electron chi connectivity index (χ4n) is 3.49. The lowest BCUT2D eigenvalue weighted by Gasteiger charge is -2.31. The van der Waals surface area contributed by atoms with E-state index < -0.39 is 0 Å². The van der Waals surface area contributed by atoms with Crippen molar-refractivity contribution in [1.29, 1.82) is 0 Å². The van der Waals surface area contributed by atoms with Crippen LogP contribution in [0.2, 0.25) is 0 Å². The summed E-state index contributed by atoms with van der Waals surface area (Å²) in [7, 11) is 1.48. The van der Waals surface area contributed by atoms with Gasteiger partial charge in [0.15, 0.2) is 0 Å². The van der Waals surface area contributed by atoms with Crippen LogP contribution in [0.3, 0.4) is 0 Å². The summed E-state index contributed by atoms with van der Waals surface area (Å²) < 4.78 is 6.72. The normalized spacial score (nSPS) is 18.2. The molecule has 0 fully saturated rings. The van der Waals surface area contributed by atoms with Crippen molar-refractivity contribution in [3.63, 3.8) is 0 Å². The van der Waals surface area contributed by atoms with Gasteiger partial charge in [0, 0.05) is 7.11 Å². The van der Waals surface area contributed by atoms with Crippen molar-refractivity contribution in [3.05, 3.63) is 71.3 Å². The van der Waals surface area contributed by atoms with E-state index in [9.17, 15) is 4.79 Å². The third-order valence-electron chi connectivity index (χ3n) is 4.88. The van der Waals surface area contributed by atoms with E-state index in [1.807, 2.05) is 22.9 Å². The molecule has 3 aromatic rings. The predicted molar refractivity (Wildman–Crippen MR) is 107 cm³/mol. The van der Waals surface area contributed by atoms with Crippen molar-refractivity contribution in [2.45, 2.75) is 25.4 Å². The van der Waals surface area contributed by atoms with Crippen LogP contribution in [0, 0.1) is 6.92 Å². The van der Waals surface area contributed by atoms with E-state index in [1.165, 1.54) is 18.2 Å². The molecule has 1 amide bonds. The standard InChI is InChI=1S/C21H23N5O2/c1-14-8-10-16(11-9-14)18-12-17(15-6-4-3-5-7-15)22-21-24-20(25-26(18)21)23-19(27)13-28-2/h3-11,17-18H,12-13H2,1-2H3,(H2,22,23,24,25,27). The number of nitrogens with one attached hydrogen (secondary N) is 2. The summed E-state index contributed by atoms with van der Waals surface area (Å²) >= 11 is 0. The number of rotatable bonds is 5. The molecule has 7 heteroatoms. The summed E-state index contributed by atoms with van der Waals surface area (Å²) in [4.78, 5) is 16.3. The largest absolute Gasteiger partial charge is 0.375 e. The summed E-state index contributed by atoms with van der Waals surface area (Å²) in [5, 5.41) is 10.7. The molecule has 2 aromatic carbocycles. The van der Waals surface area contributed by atoms with E-state index in [0.717, 1.165) is 12.0 Å². The van der Waals surface area contributed by atoms with E-state index in [0.29, 0.717) is 5.95 Å². The number of aromatic nitrogens is 3. The molecule has 2 heterocycles. The highest BCUT2D eigenvalue weighted by atomic mass is 16.5. The third-order valence-corrected chi connectivity index (χ3v) is 4.88. The second kappa shape index (κ2) is 7.82. The number of ether oxygens (including phenoxy) is 1. The Balaban J connectivity index is 1.69. The zero-order chi connectivity index (χ0) is 19.5. The van der Waals surface area contributed by atoms with Gasteiger partial charge in [0.2, 0.25) is 5.95 Å². The van der Waals surface area contributed by atoms with Gasteiger partial charge in [-0.15, -0.1) is 5.10 Å². The maximum absolute atomic E-state index is 11.9. The van der Waals surface area contributed by atoms with Gasteiger partial charge in [-0.2, -0.15) is 4.98 Å². The maximum Gasteiger partial charge on any atom is 0.252 e. The quantitative estimate of drug-likeness (QED) is 0.713. The highest BCUT2D eigenvalue weighted by Crippen LogP contribution is 2.38. The second-order valence-corrected chi connectivity index (χ2v) is 6.95. The minimum absolute atomic E-state index is 0.0163. The SMILES string of the molecule is COCC(=O)Nc1nc2n(n1)C(c1ccc(C)cc1)CC(c1ccccc1)N2. The number of carbonyl (C=O) groups excluding carboxylic acids is 1. The van der Waals surface area contributed by atoms with Gasteiger partial charge >= 0.3 is 0 Å². The summed E-state index contributed by atoms with van der Waals surface area (Å²) in [6.07, 6.45) is 0.828. The molecular formula is C21H23N5O2. The van der Waals surface area contributed by atoms with Crippen LogP contribution in [0.4, 0.5) is 11.9 Å². The van der Waals surface area contributed by atoms with E-state index in [4.69, 9.17) is 4.74 Å². The lowest BCUT2D eigenvalue weighted by Crippen LogP contribution is -2.28. The van der Waals surface area contributed by atoms with Gasteiger partial charge in [0.1, 0.15) is 6.61 Å². The Kier molecular flexibility index (Phi) is 5.08.